The molecule has 116 valence electrons. The van der Waals surface area contributed by atoms with Gasteiger partial charge in [0, 0.05) is 17.8 Å². The quantitative estimate of drug-likeness (QED) is 0.852. The molecule has 0 aromatic heterocycles. The minimum Gasteiger partial charge on any atom is -0.497 e. The van der Waals surface area contributed by atoms with Crippen LogP contribution in [-0.2, 0) is 6.54 Å². The summed E-state index contributed by atoms with van der Waals surface area (Å²) in [6.07, 6.45) is 3.11. The molecule has 22 heavy (non-hydrogen) atoms. The van der Waals surface area contributed by atoms with Crippen molar-refractivity contribution in [3.05, 3.63) is 59.2 Å². The van der Waals surface area contributed by atoms with Gasteiger partial charge in [-0.3, -0.25) is 0 Å². The van der Waals surface area contributed by atoms with Gasteiger partial charge in [-0.05, 0) is 54.7 Å². The third-order valence-electron chi connectivity index (χ3n) is 4.32. The Balaban J connectivity index is 1.76. The van der Waals surface area contributed by atoms with Gasteiger partial charge in [0.1, 0.15) is 17.4 Å². The number of rotatable bonds is 5. The van der Waals surface area contributed by atoms with E-state index in [1.807, 2.05) is 12.1 Å². The van der Waals surface area contributed by atoms with Crippen LogP contribution >= 0.6 is 0 Å². The molecule has 0 heterocycles. The van der Waals surface area contributed by atoms with Crippen LogP contribution in [0.2, 0.25) is 0 Å². The standard InChI is InChI=1S/C18H19F2NO/c1-22-14-7-5-13(6-8-14)21-11-16-17(19)10-9-15(18(16)20)12-3-2-4-12/h5-10,12,21H,2-4,11H2,1H3. The van der Waals surface area contributed by atoms with Gasteiger partial charge in [0.25, 0.3) is 0 Å². The maximum atomic E-state index is 14.5. The molecule has 0 unspecified atom stereocenters. The lowest BCUT2D eigenvalue weighted by Crippen LogP contribution is -2.14. The molecule has 0 atom stereocenters. The van der Waals surface area contributed by atoms with E-state index in [1.165, 1.54) is 6.07 Å². The van der Waals surface area contributed by atoms with E-state index in [2.05, 4.69) is 5.32 Å². The summed E-state index contributed by atoms with van der Waals surface area (Å²) in [7, 11) is 1.60. The lowest BCUT2D eigenvalue weighted by Gasteiger charge is -2.27. The number of methoxy groups -OCH3 is 1. The van der Waals surface area contributed by atoms with E-state index < -0.39 is 11.6 Å². The maximum Gasteiger partial charge on any atom is 0.134 e. The number of benzene rings is 2. The van der Waals surface area contributed by atoms with E-state index in [-0.39, 0.29) is 18.0 Å². The fourth-order valence-corrected chi connectivity index (χ4v) is 2.71. The monoisotopic (exact) mass is 303 g/mol. The molecule has 2 aromatic rings. The number of nitrogens with one attached hydrogen (secondary N) is 1. The second-order valence-electron chi connectivity index (χ2n) is 5.64. The van der Waals surface area contributed by atoms with Gasteiger partial charge in [-0.1, -0.05) is 12.5 Å². The maximum absolute atomic E-state index is 14.5. The molecule has 1 aliphatic rings. The topological polar surface area (TPSA) is 21.3 Å². The Bertz CT molecular complexity index is 651. The molecule has 0 radical (unpaired) electrons. The Morgan fingerprint density at radius 1 is 1.09 bits per heavy atom. The Morgan fingerprint density at radius 3 is 2.41 bits per heavy atom. The molecule has 4 heteroatoms. The highest BCUT2D eigenvalue weighted by atomic mass is 19.1. The highest BCUT2D eigenvalue weighted by molar-refractivity contribution is 5.47. The Morgan fingerprint density at radius 2 is 1.82 bits per heavy atom. The van der Waals surface area contributed by atoms with Crippen LogP contribution in [0.3, 0.4) is 0 Å². The Kier molecular flexibility index (Phi) is 4.27. The number of halogens is 2. The Hall–Kier alpha value is -2.10. The molecule has 2 nitrogen and oxygen atoms in total. The normalized spacial score (nSPS) is 14.5. The van der Waals surface area contributed by atoms with Crippen molar-refractivity contribution in [1.82, 2.24) is 0 Å². The Labute approximate surface area is 129 Å². The van der Waals surface area contributed by atoms with E-state index in [9.17, 15) is 8.78 Å². The van der Waals surface area contributed by atoms with Crippen LogP contribution in [0.5, 0.6) is 5.75 Å². The predicted molar refractivity (Wildman–Crippen MR) is 83.3 cm³/mol. The molecule has 3 rings (SSSR count). The molecule has 1 N–H and O–H groups in total. The lowest BCUT2D eigenvalue weighted by molar-refractivity contribution is 0.400. The zero-order valence-electron chi connectivity index (χ0n) is 12.5. The number of ether oxygens (including phenoxy) is 1. The van der Waals surface area contributed by atoms with Crippen molar-refractivity contribution in [3.63, 3.8) is 0 Å². The third-order valence-corrected chi connectivity index (χ3v) is 4.32. The van der Waals surface area contributed by atoms with Crippen molar-refractivity contribution < 1.29 is 13.5 Å². The van der Waals surface area contributed by atoms with Crippen LogP contribution < -0.4 is 10.1 Å². The van der Waals surface area contributed by atoms with Crippen molar-refractivity contribution in [3.8, 4) is 5.75 Å². The van der Waals surface area contributed by atoms with Gasteiger partial charge in [0.05, 0.1) is 7.11 Å². The van der Waals surface area contributed by atoms with Crippen molar-refractivity contribution in [2.75, 3.05) is 12.4 Å². The van der Waals surface area contributed by atoms with Crippen molar-refractivity contribution >= 4 is 5.69 Å². The van der Waals surface area contributed by atoms with Gasteiger partial charge in [-0.2, -0.15) is 0 Å². The second kappa shape index (κ2) is 6.34. The molecule has 0 aliphatic heterocycles. The molecule has 0 amide bonds. The average molecular weight is 303 g/mol. The minimum absolute atomic E-state index is 0.111. The summed E-state index contributed by atoms with van der Waals surface area (Å²) < 4.78 is 33.5. The first kappa shape index (κ1) is 14.8. The predicted octanol–water partition coefficient (Wildman–Crippen LogP) is 4.85. The molecule has 0 spiro atoms. The molecular formula is C18H19F2NO. The number of anilines is 1. The van der Waals surface area contributed by atoms with E-state index in [0.717, 1.165) is 30.7 Å². The lowest BCUT2D eigenvalue weighted by atomic mass is 9.79. The van der Waals surface area contributed by atoms with Gasteiger partial charge in [0.2, 0.25) is 0 Å². The summed E-state index contributed by atoms with van der Waals surface area (Å²) in [5, 5.41) is 3.06. The summed E-state index contributed by atoms with van der Waals surface area (Å²) in [5.74, 6) is 0.0996. The summed E-state index contributed by atoms with van der Waals surface area (Å²) >= 11 is 0. The average Bonchev–Trinajstić information content (AvgIpc) is 2.49. The number of hydrogen-bond acceptors (Lipinski definition) is 2. The SMILES string of the molecule is COc1ccc(NCc2c(F)ccc(C3CCC3)c2F)cc1. The minimum atomic E-state index is -0.499. The fourth-order valence-electron chi connectivity index (χ4n) is 2.71. The third kappa shape index (κ3) is 2.91. The summed E-state index contributed by atoms with van der Waals surface area (Å²) in [6, 6.07) is 10.2. The van der Waals surface area contributed by atoms with Gasteiger partial charge >= 0.3 is 0 Å². The highest BCUT2D eigenvalue weighted by Crippen LogP contribution is 2.38. The van der Waals surface area contributed by atoms with Crippen LogP contribution in [0.4, 0.5) is 14.5 Å². The van der Waals surface area contributed by atoms with Crippen LogP contribution in [0.15, 0.2) is 36.4 Å². The van der Waals surface area contributed by atoms with Crippen molar-refractivity contribution in [2.24, 2.45) is 0 Å². The summed E-state index contributed by atoms with van der Waals surface area (Å²) in [4.78, 5) is 0. The second-order valence-corrected chi connectivity index (χ2v) is 5.64. The van der Waals surface area contributed by atoms with Crippen LogP contribution in [0.1, 0.15) is 36.3 Å². The zero-order valence-corrected chi connectivity index (χ0v) is 12.5. The smallest absolute Gasteiger partial charge is 0.134 e. The molecule has 2 aromatic carbocycles. The fraction of sp³-hybridized carbons (Fsp3) is 0.333. The van der Waals surface area contributed by atoms with E-state index >= 15 is 0 Å². The first-order chi connectivity index (χ1) is 10.7. The largest absolute Gasteiger partial charge is 0.497 e. The van der Waals surface area contributed by atoms with Crippen LogP contribution in [0.25, 0.3) is 0 Å². The van der Waals surface area contributed by atoms with E-state index in [4.69, 9.17) is 4.74 Å². The summed E-state index contributed by atoms with van der Waals surface area (Å²) in [6.45, 7) is 0.130. The molecule has 1 fully saturated rings. The van der Waals surface area contributed by atoms with Crippen LogP contribution in [-0.4, -0.2) is 7.11 Å². The van der Waals surface area contributed by atoms with Crippen molar-refractivity contribution in [1.29, 1.82) is 0 Å². The van der Waals surface area contributed by atoms with Gasteiger partial charge < -0.3 is 10.1 Å². The van der Waals surface area contributed by atoms with Crippen molar-refractivity contribution in [2.45, 2.75) is 31.7 Å². The summed E-state index contributed by atoms with van der Waals surface area (Å²) in [5.41, 5.74) is 1.56. The van der Waals surface area contributed by atoms with Crippen LogP contribution in [0, 0.1) is 11.6 Å². The van der Waals surface area contributed by atoms with Gasteiger partial charge in [0.15, 0.2) is 0 Å². The van der Waals surface area contributed by atoms with E-state index in [0.29, 0.717) is 5.56 Å². The first-order valence-electron chi connectivity index (χ1n) is 7.53. The van der Waals surface area contributed by atoms with Gasteiger partial charge in [-0.15, -0.1) is 0 Å². The van der Waals surface area contributed by atoms with Gasteiger partial charge in [-0.25, -0.2) is 8.78 Å². The van der Waals surface area contributed by atoms with E-state index in [1.54, 1.807) is 25.3 Å². The highest BCUT2D eigenvalue weighted by Gasteiger charge is 2.25. The molecule has 0 bridgehead atoms. The zero-order chi connectivity index (χ0) is 15.5. The molecule has 0 saturated heterocycles. The molecule has 1 aliphatic carbocycles. The molecular weight excluding hydrogens is 284 g/mol. The molecule has 1 saturated carbocycles. The first-order valence-corrected chi connectivity index (χ1v) is 7.53. The number of hydrogen-bond donors (Lipinski definition) is 1.